The maximum atomic E-state index is 14.0. The van der Waals surface area contributed by atoms with Gasteiger partial charge in [0.2, 0.25) is 11.8 Å². The molecule has 2 saturated heterocycles. The van der Waals surface area contributed by atoms with Gasteiger partial charge in [-0.2, -0.15) is 0 Å². The number of amides is 2. The van der Waals surface area contributed by atoms with Crippen molar-refractivity contribution in [2.75, 3.05) is 13.2 Å². The molecule has 0 spiro atoms. The Morgan fingerprint density at radius 1 is 0.437 bits per heavy atom. The summed E-state index contributed by atoms with van der Waals surface area (Å²) >= 11 is 0. The minimum absolute atomic E-state index is 0.223. The minimum atomic E-state index is -1.84. The van der Waals surface area contributed by atoms with Crippen LogP contribution in [0.15, 0.2) is 0 Å². The lowest BCUT2D eigenvalue weighted by Gasteiger charge is -2.44. The molecule has 18 nitrogen and oxygen atoms in total. The lowest BCUT2D eigenvalue weighted by Crippen LogP contribution is -2.66. The average Bonchev–Trinajstić information content (AvgIpc) is 3.54. The first-order valence-corrected chi connectivity index (χ1v) is 36.3. The van der Waals surface area contributed by atoms with Gasteiger partial charge in [-0.05, 0) is 38.5 Å². The number of esters is 2. The maximum Gasteiger partial charge on any atom is 0.327 e. The van der Waals surface area contributed by atoms with E-state index in [1.807, 2.05) is 0 Å². The summed E-state index contributed by atoms with van der Waals surface area (Å²) in [6.07, 6.45) is 31.7. The van der Waals surface area contributed by atoms with Crippen molar-refractivity contribution in [3.63, 3.8) is 0 Å². The predicted octanol–water partition coefficient (Wildman–Crippen LogP) is 13.9. The first-order chi connectivity index (χ1) is 42.3. The predicted molar refractivity (Wildman–Crippen MR) is 342 cm³/mol. The lowest BCUT2D eigenvalue weighted by molar-refractivity contribution is -0.295. The third-order valence-electron chi connectivity index (χ3n) is 17.5. The first-order valence-electron chi connectivity index (χ1n) is 35.5. The van der Waals surface area contributed by atoms with Crippen LogP contribution in [0.1, 0.15) is 323 Å². The minimum Gasteiger partial charge on any atom is -0.462 e. The van der Waals surface area contributed by atoms with Crippen molar-refractivity contribution in [1.82, 2.24) is 10.6 Å². The van der Waals surface area contributed by atoms with Crippen molar-refractivity contribution in [3.05, 3.63) is 0 Å². The molecule has 0 radical (unpaired) electrons. The summed E-state index contributed by atoms with van der Waals surface area (Å²) in [6, 6.07) is -2.91. The summed E-state index contributed by atoms with van der Waals surface area (Å²) in [4.78, 5) is 54.0. The number of ether oxygens (including phenoxy) is 5. The van der Waals surface area contributed by atoms with Gasteiger partial charge in [0.05, 0.1) is 26.1 Å². The van der Waals surface area contributed by atoms with Gasteiger partial charge in [-0.1, -0.05) is 259 Å². The van der Waals surface area contributed by atoms with Crippen LogP contribution in [0.2, 0.25) is 0 Å². The van der Waals surface area contributed by atoms with Crippen LogP contribution in [0, 0.1) is 0 Å². The number of aliphatic hydroxyl groups excluding tert-OH is 5. The monoisotopic (exact) mass is 1260 g/mol. The molecule has 0 aromatic rings. The molecule has 0 bridgehead atoms. The van der Waals surface area contributed by atoms with E-state index in [4.69, 9.17) is 28.2 Å². The Hall–Kier alpha value is -2.38. The molecule has 2 rings (SSSR count). The molecule has 12 atom stereocenters. The van der Waals surface area contributed by atoms with Crippen LogP contribution in [0.3, 0.4) is 0 Å². The highest BCUT2D eigenvalue weighted by molar-refractivity contribution is 7.17. The van der Waals surface area contributed by atoms with Gasteiger partial charge in [0, 0.05) is 12.8 Å². The van der Waals surface area contributed by atoms with Gasteiger partial charge in [0.25, 0.3) is 0 Å². The number of unbranched alkanes of at least 4 members (excludes halogenated alkanes) is 36. The quantitative estimate of drug-likeness (QED) is 0.0170. The van der Waals surface area contributed by atoms with Crippen LogP contribution in [0.5, 0.6) is 0 Å². The average molecular weight is 1260 g/mol. The molecule has 510 valence electrons. The fourth-order valence-electron chi connectivity index (χ4n) is 12.0. The second kappa shape index (κ2) is 54.2. The molecule has 0 saturated carbocycles. The van der Waals surface area contributed by atoms with Crippen molar-refractivity contribution in [2.45, 2.75) is 397 Å². The van der Waals surface area contributed by atoms with Gasteiger partial charge in [-0.25, -0.2) is 4.57 Å². The van der Waals surface area contributed by atoms with Crippen LogP contribution in [-0.4, -0.2) is 136 Å². The highest BCUT2D eigenvalue weighted by Crippen LogP contribution is 2.30. The van der Waals surface area contributed by atoms with Gasteiger partial charge in [0.1, 0.15) is 60.9 Å². The Labute approximate surface area is 528 Å². The van der Waals surface area contributed by atoms with Crippen molar-refractivity contribution >= 4 is 32.4 Å². The van der Waals surface area contributed by atoms with Gasteiger partial charge in [-0.15, -0.1) is 0 Å². The SMILES string of the molecule is CCCCCCCCCCCCCCCC(=O)O[C@H](CCCCCCCCCCC)CC(=O)NC1C(O)OC(COC2OC(CO)C(OP=O)C(O)C2NC(=O)C[C@@H](CCCCCCCCCCC)OC(=O)CCCCCCCCCCC)C(O)C1O. The Kier molecular flexibility index (Phi) is 50.3. The number of hydrogen-bond donors (Lipinski definition) is 7. The number of aliphatic hydroxyl groups is 5. The Morgan fingerprint density at radius 3 is 1.14 bits per heavy atom. The highest BCUT2D eigenvalue weighted by atomic mass is 31.1. The summed E-state index contributed by atoms with van der Waals surface area (Å²) in [7, 11) is -0.831. The summed E-state index contributed by atoms with van der Waals surface area (Å²) in [5, 5.41) is 61.2. The number of nitrogens with one attached hydrogen (secondary N) is 2. The van der Waals surface area contributed by atoms with Gasteiger partial charge in [-0.3, -0.25) is 23.7 Å². The van der Waals surface area contributed by atoms with E-state index < -0.39 is 107 Å². The summed E-state index contributed by atoms with van der Waals surface area (Å²) in [5.74, 6) is -1.99. The smallest absolute Gasteiger partial charge is 0.327 e. The molecule has 0 aromatic heterocycles. The zero-order valence-electron chi connectivity index (χ0n) is 55.0. The zero-order chi connectivity index (χ0) is 63.5. The largest absolute Gasteiger partial charge is 0.462 e. The molecule has 2 aliphatic rings. The molecule has 2 amide bonds. The number of hydrogen-bond acceptors (Lipinski definition) is 16. The first kappa shape index (κ1) is 80.7. The fraction of sp³-hybridized carbons (Fsp3) is 0.941. The second-order valence-electron chi connectivity index (χ2n) is 25.4. The van der Waals surface area contributed by atoms with E-state index in [0.29, 0.717) is 25.7 Å². The normalized spacial score (nSPS) is 22.9. The molecule has 0 aliphatic carbocycles. The van der Waals surface area contributed by atoms with Crippen molar-refractivity contribution in [1.29, 1.82) is 0 Å². The topological polar surface area (TPSA) is 266 Å². The summed E-state index contributed by atoms with van der Waals surface area (Å²) in [5.41, 5.74) is 0. The lowest BCUT2D eigenvalue weighted by atomic mass is 9.95. The third-order valence-corrected chi connectivity index (χ3v) is 17.8. The van der Waals surface area contributed by atoms with Crippen LogP contribution in [0.4, 0.5) is 0 Å². The van der Waals surface area contributed by atoms with Gasteiger partial charge < -0.3 is 59.9 Å². The van der Waals surface area contributed by atoms with Gasteiger partial charge in [0.15, 0.2) is 12.6 Å². The standard InChI is InChI=1S/C68H127N2O16P/c1-5-9-13-17-21-25-26-27-28-32-36-40-44-47-59(74)82-53(45-41-37-33-29-22-18-14-10-6-2)49-57(72)69-61-64(77)63(76)56(84-67(61)79)52-81-68-62(65(78)66(86-87-80)55(51-71)85-68)70-58(73)50-54(46-42-38-34-30-23-19-15-11-7-3)83-60(75)48-43-39-35-31-24-20-16-12-8-4/h53-56,61-68,71,76-79H,5-52H2,1-4H3,(H,69,72)(H,70,73)/t53-,54-,55?,56?,61?,62?,63?,64?,65?,66?,67?,68?/m1/s1. The van der Waals surface area contributed by atoms with E-state index in [0.717, 1.165) is 96.3 Å². The molecule has 2 heterocycles. The van der Waals surface area contributed by atoms with Crippen molar-refractivity contribution in [2.24, 2.45) is 0 Å². The fourth-order valence-corrected chi connectivity index (χ4v) is 12.4. The Bertz CT molecular complexity index is 1700. The van der Waals surface area contributed by atoms with Crippen LogP contribution >= 0.6 is 8.69 Å². The molecule has 0 aromatic carbocycles. The number of carbonyl (C=O) groups is 4. The molecule has 7 N–H and O–H groups in total. The molecule has 19 heteroatoms. The van der Waals surface area contributed by atoms with E-state index >= 15 is 0 Å². The van der Waals surface area contributed by atoms with Crippen molar-refractivity contribution in [3.8, 4) is 0 Å². The highest BCUT2D eigenvalue weighted by Gasteiger charge is 2.50. The summed E-state index contributed by atoms with van der Waals surface area (Å²) < 4.78 is 46.5. The second-order valence-corrected chi connectivity index (χ2v) is 25.7. The third kappa shape index (κ3) is 38.9. The summed E-state index contributed by atoms with van der Waals surface area (Å²) in [6.45, 7) is 7.53. The zero-order valence-corrected chi connectivity index (χ0v) is 55.9. The van der Waals surface area contributed by atoms with E-state index in [1.54, 1.807) is 0 Å². The van der Waals surface area contributed by atoms with E-state index in [2.05, 4.69) is 38.3 Å². The molecule has 10 unspecified atom stereocenters. The Balaban J connectivity index is 2.08. The van der Waals surface area contributed by atoms with E-state index in [-0.39, 0.29) is 37.6 Å². The van der Waals surface area contributed by atoms with Gasteiger partial charge >= 0.3 is 20.6 Å². The van der Waals surface area contributed by atoms with Crippen LogP contribution in [0.25, 0.3) is 0 Å². The van der Waals surface area contributed by atoms with E-state index in [1.165, 1.54) is 148 Å². The number of carbonyl (C=O) groups excluding carboxylic acids is 4. The number of rotatable bonds is 58. The van der Waals surface area contributed by atoms with E-state index in [9.17, 15) is 49.3 Å². The molecular weight excluding hydrogens is 1130 g/mol. The Morgan fingerprint density at radius 2 is 0.782 bits per heavy atom. The maximum absolute atomic E-state index is 14.0. The molecular formula is C68H127N2O16P. The van der Waals surface area contributed by atoms with Crippen LogP contribution < -0.4 is 10.6 Å². The molecule has 2 fully saturated rings. The van der Waals surface area contributed by atoms with Crippen LogP contribution in [-0.2, 0) is 52.0 Å². The van der Waals surface area contributed by atoms with Crippen molar-refractivity contribution < 1.29 is 77.5 Å². The molecule has 87 heavy (non-hydrogen) atoms. The molecule has 2 aliphatic heterocycles.